The van der Waals surface area contributed by atoms with E-state index in [0.717, 1.165) is 0 Å². The van der Waals surface area contributed by atoms with Crippen LogP contribution in [0.25, 0.3) is 0 Å². The third-order valence-corrected chi connectivity index (χ3v) is 5.20. The number of ether oxygens (including phenoxy) is 1. The zero-order valence-electron chi connectivity index (χ0n) is 18.9. The minimum atomic E-state index is -0.512. The number of rotatable bonds is 5. The van der Waals surface area contributed by atoms with Gasteiger partial charge < -0.3 is 20.3 Å². The van der Waals surface area contributed by atoms with Crippen molar-refractivity contribution in [2.45, 2.75) is 39.2 Å². The maximum atomic E-state index is 12.4. The summed E-state index contributed by atoms with van der Waals surface area (Å²) < 4.78 is 5.40. The molecule has 1 aromatic rings. The van der Waals surface area contributed by atoms with E-state index in [4.69, 9.17) is 10.5 Å². The molecule has 0 aromatic heterocycles. The van der Waals surface area contributed by atoms with Crippen LogP contribution in [0.4, 0.5) is 4.79 Å². The van der Waals surface area contributed by atoms with Gasteiger partial charge >= 0.3 is 6.09 Å². The molecule has 176 valence electrons. The first-order valence-corrected chi connectivity index (χ1v) is 10.7. The second-order valence-electron chi connectivity index (χ2n) is 8.71. The molecule has 0 radical (unpaired) electrons. The van der Waals surface area contributed by atoms with Crippen molar-refractivity contribution in [2.24, 2.45) is 10.7 Å². The van der Waals surface area contributed by atoms with Gasteiger partial charge in [0, 0.05) is 39.3 Å². The minimum absolute atomic E-state index is 0. The molecule has 0 atom stereocenters. The number of nitrogens with two attached hydrogens (primary N) is 1. The summed E-state index contributed by atoms with van der Waals surface area (Å²) in [6.07, 6.45) is 1.07. The number of carbonyl (C=O) groups is 3. The number of guanidine groups is 1. The van der Waals surface area contributed by atoms with Gasteiger partial charge in [-0.2, -0.15) is 0 Å². The van der Waals surface area contributed by atoms with Gasteiger partial charge in [-0.25, -0.2) is 4.79 Å². The lowest BCUT2D eigenvalue weighted by atomic mass is 10.1. The molecule has 0 saturated carbocycles. The predicted octanol–water partition coefficient (Wildman–Crippen LogP) is 2.55. The Morgan fingerprint density at radius 2 is 1.53 bits per heavy atom. The maximum Gasteiger partial charge on any atom is 0.410 e. The summed E-state index contributed by atoms with van der Waals surface area (Å²) in [5, 5.41) is 0. The minimum Gasteiger partial charge on any atom is -0.444 e. The number of amides is 3. The molecule has 0 aliphatic carbocycles. The number of hydrogen-bond donors (Lipinski definition) is 1. The van der Waals surface area contributed by atoms with Crippen molar-refractivity contribution in [3.8, 4) is 0 Å². The van der Waals surface area contributed by atoms with Crippen molar-refractivity contribution in [3.63, 3.8) is 0 Å². The molecule has 2 N–H and O–H groups in total. The Bertz CT molecular complexity index is 840. The number of benzene rings is 1. The number of fused-ring (bicyclic) bond motifs is 1. The number of carbonyl (C=O) groups excluding carboxylic acids is 3. The summed E-state index contributed by atoms with van der Waals surface area (Å²) in [7, 11) is 0. The van der Waals surface area contributed by atoms with Gasteiger partial charge in [0.15, 0.2) is 5.96 Å². The Morgan fingerprint density at radius 3 is 2.06 bits per heavy atom. The van der Waals surface area contributed by atoms with Crippen LogP contribution >= 0.6 is 24.0 Å². The molecule has 9 nitrogen and oxygen atoms in total. The second-order valence-corrected chi connectivity index (χ2v) is 8.71. The third-order valence-electron chi connectivity index (χ3n) is 5.20. The van der Waals surface area contributed by atoms with Crippen LogP contribution in [-0.2, 0) is 4.74 Å². The molecule has 3 rings (SSSR count). The molecule has 3 amide bonds. The highest BCUT2D eigenvalue weighted by Gasteiger charge is 2.34. The van der Waals surface area contributed by atoms with Crippen molar-refractivity contribution in [2.75, 3.05) is 39.3 Å². The smallest absolute Gasteiger partial charge is 0.410 e. The fourth-order valence-electron chi connectivity index (χ4n) is 3.56. The molecule has 1 aromatic carbocycles. The van der Waals surface area contributed by atoms with Crippen molar-refractivity contribution in [1.29, 1.82) is 0 Å². The quantitative estimate of drug-likeness (QED) is 0.196. The van der Waals surface area contributed by atoms with Crippen LogP contribution in [-0.4, -0.2) is 83.4 Å². The van der Waals surface area contributed by atoms with Crippen LogP contribution in [0, 0.1) is 0 Å². The van der Waals surface area contributed by atoms with E-state index in [1.807, 2.05) is 25.7 Å². The molecule has 1 fully saturated rings. The zero-order chi connectivity index (χ0) is 22.6. The van der Waals surface area contributed by atoms with Crippen LogP contribution in [0.5, 0.6) is 0 Å². The number of piperazine rings is 1. The van der Waals surface area contributed by atoms with Gasteiger partial charge in [0.2, 0.25) is 0 Å². The average molecular weight is 557 g/mol. The predicted molar refractivity (Wildman–Crippen MR) is 132 cm³/mol. The van der Waals surface area contributed by atoms with E-state index in [1.165, 1.54) is 4.90 Å². The van der Waals surface area contributed by atoms with Gasteiger partial charge in [-0.15, -0.1) is 24.0 Å². The second kappa shape index (κ2) is 11.0. The first-order chi connectivity index (χ1) is 14.7. The van der Waals surface area contributed by atoms with E-state index in [2.05, 4.69) is 4.99 Å². The van der Waals surface area contributed by atoms with E-state index < -0.39 is 5.60 Å². The molecule has 2 aliphatic heterocycles. The monoisotopic (exact) mass is 557 g/mol. The summed E-state index contributed by atoms with van der Waals surface area (Å²) >= 11 is 0. The van der Waals surface area contributed by atoms with Gasteiger partial charge in [-0.3, -0.25) is 19.5 Å². The number of nitrogens with zero attached hydrogens (tertiary/aromatic N) is 4. The molecule has 1 saturated heterocycles. The van der Waals surface area contributed by atoms with E-state index in [0.29, 0.717) is 69.2 Å². The van der Waals surface area contributed by atoms with Crippen molar-refractivity contribution < 1.29 is 19.1 Å². The number of unbranched alkanes of at least 4 members (excludes halogenated alkanes) is 1. The summed E-state index contributed by atoms with van der Waals surface area (Å²) in [5.41, 5.74) is 6.53. The van der Waals surface area contributed by atoms with Crippen molar-refractivity contribution in [3.05, 3.63) is 35.4 Å². The fourth-order valence-corrected chi connectivity index (χ4v) is 3.56. The molecule has 2 heterocycles. The van der Waals surface area contributed by atoms with Gasteiger partial charge in [-0.05, 0) is 45.7 Å². The van der Waals surface area contributed by atoms with E-state index in [-0.39, 0.29) is 41.9 Å². The lowest BCUT2D eigenvalue weighted by Gasteiger charge is -2.36. The Hall–Kier alpha value is -2.37. The molecule has 0 bridgehead atoms. The van der Waals surface area contributed by atoms with Crippen LogP contribution in [0.3, 0.4) is 0 Å². The first-order valence-electron chi connectivity index (χ1n) is 10.7. The van der Waals surface area contributed by atoms with Gasteiger partial charge in [0.05, 0.1) is 11.1 Å². The number of aliphatic imine (C=N–C) groups is 1. The molecular formula is C22H32IN5O4. The Balaban J connectivity index is 0.00000363. The molecular weight excluding hydrogens is 525 g/mol. The van der Waals surface area contributed by atoms with Crippen LogP contribution in [0.15, 0.2) is 29.3 Å². The van der Waals surface area contributed by atoms with E-state index >= 15 is 0 Å². The fraction of sp³-hybridized carbons (Fsp3) is 0.545. The Kier molecular flexibility index (Phi) is 8.88. The Morgan fingerprint density at radius 1 is 1.00 bits per heavy atom. The van der Waals surface area contributed by atoms with Crippen molar-refractivity contribution >= 4 is 47.8 Å². The molecule has 0 spiro atoms. The van der Waals surface area contributed by atoms with Gasteiger partial charge in [0.25, 0.3) is 11.8 Å². The third kappa shape index (κ3) is 6.33. The first kappa shape index (κ1) is 25.9. The van der Waals surface area contributed by atoms with E-state index in [9.17, 15) is 14.4 Å². The highest BCUT2D eigenvalue weighted by Crippen LogP contribution is 2.22. The standard InChI is InChI=1S/C22H31N5O4.HI/c1-22(2,3)31-21(30)26-14-12-25(13-15-26)20(23)24-10-6-7-11-27-18(28)16-8-4-5-9-17(16)19(27)29;/h4-5,8-9H,6-7,10-15H2,1-3H3,(H2,23,24);1H. The molecule has 2 aliphatic rings. The zero-order valence-corrected chi connectivity index (χ0v) is 21.2. The lowest BCUT2D eigenvalue weighted by molar-refractivity contribution is 0.0186. The average Bonchev–Trinajstić information content (AvgIpc) is 2.97. The topological polar surface area (TPSA) is 109 Å². The van der Waals surface area contributed by atoms with Crippen LogP contribution < -0.4 is 5.73 Å². The number of imide groups is 1. The molecule has 0 unspecified atom stereocenters. The molecule has 10 heteroatoms. The lowest BCUT2D eigenvalue weighted by Crippen LogP contribution is -2.53. The maximum absolute atomic E-state index is 12.4. The number of halogens is 1. The van der Waals surface area contributed by atoms with Crippen LogP contribution in [0.1, 0.15) is 54.3 Å². The number of hydrogen-bond acceptors (Lipinski definition) is 5. The SMILES string of the molecule is CC(C)(C)OC(=O)N1CCN(C(N)=NCCCCN2C(=O)c3ccccc3C2=O)CC1.I. The molecule has 32 heavy (non-hydrogen) atoms. The summed E-state index contributed by atoms with van der Waals surface area (Å²) in [6.45, 7) is 8.70. The van der Waals surface area contributed by atoms with E-state index in [1.54, 1.807) is 29.2 Å². The van der Waals surface area contributed by atoms with Crippen molar-refractivity contribution in [1.82, 2.24) is 14.7 Å². The summed E-state index contributed by atoms with van der Waals surface area (Å²) in [4.78, 5) is 46.2. The van der Waals surface area contributed by atoms with Gasteiger partial charge in [-0.1, -0.05) is 12.1 Å². The van der Waals surface area contributed by atoms with Gasteiger partial charge in [0.1, 0.15) is 5.60 Å². The highest BCUT2D eigenvalue weighted by atomic mass is 127. The Labute approximate surface area is 206 Å². The normalized spacial score (nSPS) is 16.7. The van der Waals surface area contributed by atoms with Crippen LogP contribution in [0.2, 0.25) is 0 Å². The summed E-state index contributed by atoms with van der Waals surface area (Å²) in [6, 6.07) is 6.89. The highest BCUT2D eigenvalue weighted by molar-refractivity contribution is 14.0. The largest absolute Gasteiger partial charge is 0.444 e. The summed E-state index contributed by atoms with van der Waals surface area (Å²) in [5.74, 6) is -0.0116.